The highest BCUT2D eigenvalue weighted by Crippen LogP contribution is 2.41. The van der Waals surface area contributed by atoms with Crippen molar-refractivity contribution in [2.75, 3.05) is 25.0 Å². The van der Waals surface area contributed by atoms with Crippen LogP contribution in [0.3, 0.4) is 0 Å². The first-order valence-electron chi connectivity index (χ1n) is 12.0. The molecule has 0 aliphatic carbocycles. The van der Waals surface area contributed by atoms with Crippen LogP contribution in [0.1, 0.15) is 26.3 Å². The van der Waals surface area contributed by atoms with Crippen LogP contribution >= 0.6 is 12.4 Å². The first-order valence-corrected chi connectivity index (χ1v) is 13.5. The Kier molecular flexibility index (Phi) is 9.85. The van der Waals surface area contributed by atoms with Crippen LogP contribution < -0.4 is 18.9 Å². The Morgan fingerprint density at radius 2 is 1.55 bits per heavy atom. The minimum atomic E-state index is -4.14. The van der Waals surface area contributed by atoms with Crippen LogP contribution in [0.5, 0.6) is 23.1 Å². The summed E-state index contributed by atoms with van der Waals surface area (Å²) in [5.41, 5.74) is 0.827. The van der Waals surface area contributed by atoms with E-state index in [4.69, 9.17) is 14.2 Å². The largest absolute Gasteiger partial charge is 0.493 e. The number of aliphatic hydroxyl groups excluding tert-OH is 1. The van der Waals surface area contributed by atoms with E-state index in [1.807, 2.05) is 20.8 Å². The van der Waals surface area contributed by atoms with Gasteiger partial charge in [-0.25, -0.2) is 23.4 Å². The van der Waals surface area contributed by atoms with Gasteiger partial charge in [0, 0.05) is 12.4 Å². The number of rotatable bonds is 10. The molecule has 0 saturated carbocycles. The third-order valence-electron chi connectivity index (χ3n) is 5.47. The number of aliphatic hydroxyl groups is 1. The van der Waals surface area contributed by atoms with Crippen LogP contribution in [-0.2, 0) is 15.4 Å². The Hall–Kier alpha value is -4.00. The molecule has 0 aliphatic rings. The summed E-state index contributed by atoms with van der Waals surface area (Å²) >= 11 is 0. The fourth-order valence-corrected chi connectivity index (χ4v) is 4.48. The molecule has 0 fully saturated rings. The number of methoxy groups -OCH3 is 1. The summed E-state index contributed by atoms with van der Waals surface area (Å²) in [4.78, 5) is 17.1. The third kappa shape index (κ3) is 7.14. The zero-order valence-electron chi connectivity index (χ0n) is 22.4. The number of halogens is 1. The van der Waals surface area contributed by atoms with Crippen LogP contribution in [0.25, 0.3) is 11.6 Å². The molecule has 0 unspecified atom stereocenters. The predicted molar refractivity (Wildman–Crippen MR) is 152 cm³/mol. The second-order valence-corrected chi connectivity index (χ2v) is 11.0. The molecule has 2 N–H and O–H groups in total. The monoisotopic (exact) mass is 587 g/mol. The molecule has 212 valence electrons. The fourth-order valence-electron chi connectivity index (χ4n) is 3.48. The molecule has 2 heterocycles. The highest BCUT2D eigenvalue weighted by Gasteiger charge is 2.26. The van der Waals surface area contributed by atoms with Crippen molar-refractivity contribution in [2.24, 2.45) is 0 Å². The van der Waals surface area contributed by atoms with Gasteiger partial charge in [-0.3, -0.25) is 4.72 Å². The molecule has 4 rings (SSSR count). The molecule has 13 heteroatoms. The number of para-hydroxylation sites is 2. The molecule has 0 bridgehead atoms. The summed E-state index contributed by atoms with van der Waals surface area (Å²) in [6.07, 6.45) is 3.00. The Morgan fingerprint density at radius 1 is 0.900 bits per heavy atom. The second kappa shape index (κ2) is 12.9. The number of hydrogen-bond acceptors (Lipinski definition) is 10. The van der Waals surface area contributed by atoms with Gasteiger partial charge in [0.05, 0.1) is 18.6 Å². The fraction of sp³-hybridized carbons (Fsp3) is 0.259. The summed E-state index contributed by atoms with van der Waals surface area (Å²) in [6.45, 7) is 5.65. The average molecular weight is 588 g/mol. The average Bonchev–Trinajstić information content (AvgIpc) is 2.93. The maximum atomic E-state index is 13.5. The number of benzene rings is 2. The lowest BCUT2D eigenvalue weighted by Gasteiger charge is -2.20. The van der Waals surface area contributed by atoms with E-state index < -0.39 is 10.0 Å². The van der Waals surface area contributed by atoms with Gasteiger partial charge in [0.1, 0.15) is 6.61 Å². The van der Waals surface area contributed by atoms with Gasteiger partial charge in [0.25, 0.3) is 15.9 Å². The summed E-state index contributed by atoms with van der Waals surface area (Å²) < 4.78 is 46.6. The molecular formula is C27H30ClN5O6S. The van der Waals surface area contributed by atoms with Crippen LogP contribution in [0, 0.1) is 0 Å². The molecule has 2 aromatic heterocycles. The Bertz CT molecular complexity index is 1530. The number of nitrogens with one attached hydrogen (secondary N) is 1. The van der Waals surface area contributed by atoms with Crippen LogP contribution in [0.4, 0.5) is 5.82 Å². The lowest BCUT2D eigenvalue weighted by atomic mass is 9.87. The van der Waals surface area contributed by atoms with Gasteiger partial charge in [-0.05, 0) is 41.3 Å². The SMILES string of the molecule is COc1ccccc1Oc1c(NS(=O)(=O)c2ccc(C(C)(C)C)cc2)nc(-c2ncccn2)nc1OCCO.Cl. The maximum Gasteiger partial charge on any atom is 0.263 e. The lowest BCUT2D eigenvalue weighted by molar-refractivity contribution is 0.192. The molecule has 0 radical (unpaired) electrons. The van der Waals surface area contributed by atoms with Crippen molar-refractivity contribution in [3.8, 4) is 34.8 Å². The minimum Gasteiger partial charge on any atom is -0.493 e. The van der Waals surface area contributed by atoms with Gasteiger partial charge in [0.2, 0.25) is 11.6 Å². The minimum absolute atomic E-state index is 0. The van der Waals surface area contributed by atoms with E-state index in [1.165, 1.54) is 31.6 Å². The smallest absolute Gasteiger partial charge is 0.263 e. The summed E-state index contributed by atoms with van der Waals surface area (Å²) in [5, 5.41) is 9.40. The third-order valence-corrected chi connectivity index (χ3v) is 6.83. The van der Waals surface area contributed by atoms with E-state index in [-0.39, 0.29) is 70.8 Å². The Morgan fingerprint density at radius 3 is 2.15 bits per heavy atom. The predicted octanol–water partition coefficient (Wildman–Crippen LogP) is 4.63. The number of nitrogens with zero attached hydrogens (tertiary/aromatic N) is 4. The van der Waals surface area contributed by atoms with E-state index in [0.717, 1.165) is 5.56 Å². The number of aromatic nitrogens is 4. The van der Waals surface area contributed by atoms with Gasteiger partial charge < -0.3 is 19.3 Å². The summed E-state index contributed by atoms with van der Waals surface area (Å²) in [6, 6.07) is 15.0. The molecule has 2 aromatic carbocycles. The maximum absolute atomic E-state index is 13.5. The molecular weight excluding hydrogens is 558 g/mol. The van der Waals surface area contributed by atoms with Crippen LogP contribution in [0.2, 0.25) is 0 Å². The normalized spacial score (nSPS) is 11.3. The number of sulfonamides is 1. The highest BCUT2D eigenvalue weighted by atomic mass is 35.5. The molecule has 11 nitrogen and oxygen atoms in total. The van der Waals surface area contributed by atoms with E-state index in [2.05, 4.69) is 24.7 Å². The Labute approximate surface area is 239 Å². The lowest BCUT2D eigenvalue weighted by Crippen LogP contribution is -2.17. The quantitative estimate of drug-likeness (QED) is 0.269. The van der Waals surface area contributed by atoms with Crippen molar-refractivity contribution in [2.45, 2.75) is 31.1 Å². The van der Waals surface area contributed by atoms with E-state index >= 15 is 0 Å². The Balaban J connectivity index is 0.00000441. The van der Waals surface area contributed by atoms with Gasteiger partial charge in [-0.15, -0.1) is 12.4 Å². The van der Waals surface area contributed by atoms with Crippen LogP contribution in [-0.4, -0.2) is 53.8 Å². The zero-order valence-corrected chi connectivity index (χ0v) is 24.0. The number of anilines is 1. The van der Waals surface area contributed by atoms with Gasteiger partial charge in [-0.1, -0.05) is 45.0 Å². The molecule has 0 saturated heterocycles. The first kappa shape index (κ1) is 30.5. The molecule has 0 amide bonds. The standard InChI is InChI=1S/C27H29N5O6S.ClH/c1-27(2,3)18-10-12-19(13-11-18)39(34,35)32-23-22(38-21-9-6-5-8-20(21)36-4)26(37-17-16-33)31-25(30-23)24-28-14-7-15-29-24;/h5-15,33H,16-17H2,1-4H3,(H,30,31,32);1H. The van der Waals surface area contributed by atoms with Gasteiger partial charge in [0.15, 0.2) is 23.1 Å². The van der Waals surface area contributed by atoms with Crippen molar-refractivity contribution in [3.63, 3.8) is 0 Å². The molecule has 40 heavy (non-hydrogen) atoms. The molecule has 0 spiro atoms. The van der Waals surface area contributed by atoms with Gasteiger partial charge in [-0.2, -0.15) is 4.98 Å². The van der Waals surface area contributed by atoms with Crippen LogP contribution in [0.15, 0.2) is 71.9 Å². The van der Waals surface area contributed by atoms with Crippen molar-refractivity contribution in [3.05, 3.63) is 72.6 Å². The van der Waals surface area contributed by atoms with Crippen molar-refractivity contribution < 1.29 is 27.7 Å². The summed E-state index contributed by atoms with van der Waals surface area (Å²) in [5.74, 6) is 0.271. The van der Waals surface area contributed by atoms with Crippen molar-refractivity contribution >= 4 is 28.2 Å². The molecule has 0 aliphatic heterocycles. The van der Waals surface area contributed by atoms with E-state index in [1.54, 1.807) is 42.5 Å². The molecule has 4 aromatic rings. The highest BCUT2D eigenvalue weighted by molar-refractivity contribution is 7.92. The second-order valence-electron chi connectivity index (χ2n) is 9.31. The zero-order chi connectivity index (χ0) is 28.0. The van der Waals surface area contributed by atoms with Crippen molar-refractivity contribution in [1.29, 1.82) is 0 Å². The number of ether oxygens (including phenoxy) is 3. The van der Waals surface area contributed by atoms with Crippen molar-refractivity contribution in [1.82, 2.24) is 19.9 Å². The van der Waals surface area contributed by atoms with Gasteiger partial charge >= 0.3 is 0 Å². The summed E-state index contributed by atoms with van der Waals surface area (Å²) in [7, 11) is -2.66. The topological polar surface area (TPSA) is 146 Å². The van der Waals surface area contributed by atoms with E-state index in [9.17, 15) is 13.5 Å². The molecule has 0 atom stereocenters. The first-order chi connectivity index (χ1) is 18.6. The number of hydrogen-bond donors (Lipinski definition) is 2. The van der Waals surface area contributed by atoms with E-state index in [0.29, 0.717) is 5.75 Å².